The Balaban J connectivity index is 2.78. The van der Waals surface area contributed by atoms with Gasteiger partial charge in [-0.15, -0.1) is 0 Å². The number of carbonyl (C=O) groups is 1. The number of aliphatic imine (C=N–C) groups is 1. The van der Waals surface area contributed by atoms with E-state index in [4.69, 9.17) is 0 Å². The maximum Gasteiger partial charge on any atom is 0.180 e. The van der Waals surface area contributed by atoms with Crippen molar-refractivity contribution < 1.29 is 9.53 Å². The number of aldehydes is 1. The molecular formula is C6H5NO2. The van der Waals surface area contributed by atoms with Crippen molar-refractivity contribution in [3.63, 3.8) is 0 Å². The topological polar surface area (TPSA) is 38.7 Å². The summed E-state index contributed by atoms with van der Waals surface area (Å²) in [6, 6.07) is 0. The predicted octanol–water partition coefficient (Wildman–Crippen LogP) is 0.641. The molecule has 0 radical (unpaired) electrons. The Morgan fingerprint density at radius 2 is 2.56 bits per heavy atom. The fourth-order valence-corrected chi connectivity index (χ4v) is 0.422. The molecule has 0 spiro atoms. The van der Waals surface area contributed by atoms with Crippen molar-refractivity contribution in [2.24, 2.45) is 4.99 Å². The van der Waals surface area contributed by atoms with Gasteiger partial charge < -0.3 is 4.74 Å². The van der Waals surface area contributed by atoms with Crippen molar-refractivity contribution in [1.82, 2.24) is 0 Å². The highest BCUT2D eigenvalue weighted by Crippen LogP contribution is 1.95. The number of ether oxygens (including phenoxy) is 1. The van der Waals surface area contributed by atoms with E-state index in [2.05, 4.69) is 9.73 Å². The van der Waals surface area contributed by atoms with Gasteiger partial charge in [-0.05, 0) is 12.2 Å². The molecule has 1 rings (SSSR count). The van der Waals surface area contributed by atoms with E-state index < -0.39 is 0 Å². The fourth-order valence-electron chi connectivity index (χ4n) is 0.422. The van der Waals surface area contributed by atoms with Crippen LogP contribution in [0.25, 0.3) is 0 Å². The van der Waals surface area contributed by atoms with Crippen molar-refractivity contribution in [2.45, 2.75) is 0 Å². The maximum absolute atomic E-state index is 10.0. The second-order valence-electron chi connectivity index (χ2n) is 1.41. The number of hydrogen-bond donors (Lipinski definition) is 0. The van der Waals surface area contributed by atoms with Crippen LogP contribution in [0.1, 0.15) is 0 Å². The van der Waals surface area contributed by atoms with Gasteiger partial charge in [-0.2, -0.15) is 0 Å². The second kappa shape index (κ2) is 2.81. The molecule has 0 saturated heterocycles. The predicted molar refractivity (Wildman–Crippen MR) is 32.9 cm³/mol. The summed E-state index contributed by atoms with van der Waals surface area (Å²) in [5.41, 5.74) is 0.365. The van der Waals surface area contributed by atoms with Gasteiger partial charge in [0.2, 0.25) is 0 Å². The molecule has 0 aromatic carbocycles. The number of allylic oxidation sites excluding steroid dienone is 3. The van der Waals surface area contributed by atoms with Gasteiger partial charge in [0, 0.05) is 0 Å². The molecule has 0 amide bonds. The number of carbonyl (C=O) groups excluding carboxylic acids is 1. The van der Waals surface area contributed by atoms with Crippen LogP contribution in [0, 0.1) is 0 Å². The van der Waals surface area contributed by atoms with E-state index in [9.17, 15) is 4.79 Å². The van der Waals surface area contributed by atoms with Gasteiger partial charge in [0.25, 0.3) is 0 Å². The van der Waals surface area contributed by atoms with Crippen LogP contribution in [0.15, 0.2) is 29.1 Å². The summed E-state index contributed by atoms with van der Waals surface area (Å²) in [5.74, 6) is 0. The van der Waals surface area contributed by atoms with Crippen LogP contribution in [-0.2, 0) is 9.53 Å². The first-order chi connectivity index (χ1) is 4.43. The van der Waals surface area contributed by atoms with Crippen molar-refractivity contribution in [3.8, 4) is 0 Å². The van der Waals surface area contributed by atoms with E-state index in [0.29, 0.717) is 12.0 Å². The minimum Gasteiger partial charge on any atom is -0.453 e. The third-order valence-corrected chi connectivity index (χ3v) is 0.808. The molecule has 3 heteroatoms. The first kappa shape index (κ1) is 5.75. The summed E-state index contributed by atoms with van der Waals surface area (Å²) >= 11 is 0. The normalized spacial score (nSPS) is 15.8. The van der Waals surface area contributed by atoms with Crippen molar-refractivity contribution >= 4 is 12.7 Å². The van der Waals surface area contributed by atoms with Gasteiger partial charge in [0.15, 0.2) is 12.7 Å². The van der Waals surface area contributed by atoms with Gasteiger partial charge in [-0.1, -0.05) is 0 Å². The fraction of sp³-hybridized carbons (Fsp3) is 0. The van der Waals surface area contributed by atoms with Crippen LogP contribution in [0.5, 0.6) is 0 Å². The van der Waals surface area contributed by atoms with Crippen LogP contribution in [0.3, 0.4) is 0 Å². The summed E-state index contributed by atoms with van der Waals surface area (Å²) in [5, 5.41) is 0. The lowest BCUT2D eigenvalue weighted by atomic mass is 10.4. The smallest absolute Gasteiger partial charge is 0.180 e. The Hall–Kier alpha value is -1.38. The molecule has 1 aliphatic rings. The molecule has 0 unspecified atom stereocenters. The van der Waals surface area contributed by atoms with Crippen LogP contribution >= 0.6 is 0 Å². The van der Waals surface area contributed by atoms with Gasteiger partial charge in [0.1, 0.15) is 5.70 Å². The third kappa shape index (κ3) is 1.53. The molecule has 0 atom stereocenters. The van der Waals surface area contributed by atoms with Crippen molar-refractivity contribution in [3.05, 3.63) is 24.1 Å². The van der Waals surface area contributed by atoms with E-state index in [-0.39, 0.29) is 0 Å². The minimum absolute atomic E-state index is 0.365. The molecule has 0 bridgehead atoms. The number of rotatable bonds is 1. The standard InChI is InChI=1S/C6H5NO2/c8-4-6-2-1-3-9-5-7-6/h1-5H. The van der Waals surface area contributed by atoms with Gasteiger partial charge in [-0.3, -0.25) is 4.79 Å². The average molecular weight is 123 g/mol. The lowest BCUT2D eigenvalue weighted by molar-refractivity contribution is -0.104. The molecule has 9 heavy (non-hydrogen) atoms. The summed E-state index contributed by atoms with van der Waals surface area (Å²) in [6.07, 6.45) is 6.49. The summed E-state index contributed by atoms with van der Waals surface area (Å²) < 4.78 is 4.64. The van der Waals surface area contributed by atoms with Crippen LogP contribution in [-0.4, -0.2) is 12.7 Å². The van der Waals surface area contributed by atoms with Crippen molar-refractivity contribution in [2.75, 3.05) is 0 Å². The SMILES string of the molecule is O=CC1=CC=COC=N1. The lowest BCUT2D eigenvalue weighted by Gasteiger charge is -1.81. The Morgan fingerprint density at radius 1 is 1.67 bits per heavy atom. The van der Waals surface area contributed by atoms with Crippen molar-refractivity contribution in [1.29, 1.82) is 0 Å². The lowest BCUT2D eigenvalue weighted by Crippen LogP contribution is -1.78. The molecule has 0 aromatic heterocycles. The highest BCUT2D eigenvalue weighted by atomic mass is 16.5. The molecule has 1 aliphatic heterocycles. The first-order valence-corrected chi connectivity index (χ1v) is 2.43. The molecule has 46 valence electrons. The molecule has 3 nitrogen and oxygen atoms in total. The quantitative estimate of drug-likeness (QED) is 0.480. The van der Waals surface area contributed by atoms with Crippen LogP contribution in [0.4, 0.5) is 0 Å². The second-order valence-corrected chi connectivity index (χ2v) is 1.41. The summed E-state index contributed by atoms with van der Waals surface area (Å²) in [4.78, 5) is 13.7. The van der Waals surface area contributed by atoms with Crippen LogP contribution < -0.4 is 0 Å². The van der Waals surface area contributed by atoms with Crippen LogP contribution in [0.2, 0.25) is 0 Å². The zero-order valence-corrected chi connectivity index (χ0v) is 4.65. The highest BCUT2D eigenvalue weighted by Gasteiger charge is 1.88. The Bertz CT molecular complexity index is 191. The largest absolute Gasteiger partial charge is 0.453 e. The van der Waals surface area contributed by atoms with Gasteiger partial charge in [0.05, 0.1) is 6.26 Å². The van der Waals surface area contributed by atoms with E-state index in [0.717, 1.165) is 0 Å². The van der Waals surface area contributed by atoms with Gasteiger partial charge in [-0.25, -0.2) is 4.99 Å². The number of nitrogens with zero attached hydrogens (tertiary/aromatic N) is 1. The number of hydrogen-bond acceptors (Lipinski definition) is 3. The van der Waals surface area contributed by atoms with E-state index >= 15 is 0 Å². The maximum atomic E-state index is 10.0. The minimum atomic E-state index is 0.365. The highest BCUT2D eigenvalue weighted by molar-refractivity contribution is 5.76. The Morgan fingerprint density at radius 3 is 3.33 bits per heavy atom. The zero-order chi connectivity index (χ0) is 6.53. The third-order valence-electron chi connectivity index (χ3n) is 0.808. The molecular weight excluding hydrogens is 118 g/mol. The molecule has 0 fully saturated rings. The Kier molecular flexibility index (Phi) is 1.80. The molecule has 0 N–H and O–H groups in total. The monoisotopic (exact) mass is 123 g/mol. The zero-order valence-electron chi connectivity index (χ0n) is 4.65. The summed E-state index contributed by atoms with van der Waals surface area (Å²) in [6.45, 7) is 0. The molecule has 0 aliphatic carbocycles. The molecule has 1 heterocycles. The van der Waals surface area contributed by atoms with E-state index in [1.807, 2.05) is 0 Å². The van der Waals surface area contributed by atoms with Gasteiger partial charge >= 0.3 is 0 Å². The molecule has 0 aromatic rings. The molecule has 0 saturated carbocycles. The summed E-state index contributed by atoms with van der Waals surface area (Å²) in [7, 11) is 0. The first-order valence-electron chi connectivity index (χ1n) is 2.43. The van der Waals surface area contributed by atoms with E-state index in [1.54, 1.807) is 12.2 Å². The Labute approximate surface area is 52.3 Å². The van der Waals surface area contributed by atoms with E-state index in [1.165, 1.54) is 12.7 Å². The average Bonchev–Trinajstić information content (AvgIpc) is 2.13.